The molecule has 0 saturated heterocycles. The summed E-state index contributed by atoms with van der Waals surface area (Å²) in [5, 5.41) is 25.5. The number of hydrogen-bond donors (Lipinski definition) is 3. The van der Waals surface area contributed by atoms with Gasteiger partial charge in [-0.15, -0.1) is 7.92 Å². The molecule has 0 bridgehead atoms. The first-order valence-corrected chi connectivity index (χ1v) is 10.2. The van der Waals surface area contributed by atoms with Crippen LogP contribution in [0, 0.1) is 0 Å². The molecule has 0 saturated carbocycles. The first-order chi connectivity index (χ1) is 12.2. The normalized spacial score (nSPS) is 10.6. The Morgan fingerprint density at radius 1 is 0.778 bits per heavy atom. The maximum atomic E-state index is 10.8. The van der Waals surface area contributed by atoms with Gasteiger partial charge in [-0.2, -0.15) is 0 Å². The molecule has 0 spiro atoms. The molecule has 10 heteroatoms. The first kappa shape index (κ1) is 27.2. The Labute approximate surface area is 159 Å². The zero-order valence-electron chi connectivity index (χ0n) is 16.2. The van der Waals surface area contributed by atoms with Crippen LogP contribution in [-0.4, -0.2) is 69.1 Å². The van der Waals surface area contributed by atoms with Gasteiger partial charge in [0.05, 0.1) is 0 Å². The molecule has 27 heavy (non-hydrogen) atoms. The molecule has 0 amide bonds. The Hall–Kier alpha value is -2.02. The van der Waals surface area contributed by atoms with Gasteiger partial charge in [0.2, 0.25) is 0 Å². The van der Waals surface area contributed by atoms with E-state index in [4.69, 9.17) is 20.1 Å². The number of hydrogen-bond acceptors (Lipinski definition) is 6. The number of ketones is 1. The summed E-state index contributed by atoms with van der Waals surface area (Å²) in [7, 11) is -0.801. The standard InChI is InChI=1S/C9H15O6P.C8H14O3/c10-7(11)1-4-16(5-2-8(12)13)6-3-9(14)15;1-6(9)5-7(10)11-8(2,3)4/h1-6H2,(H,10,11)(H,12,13)(H,14,15);5H2,1-4H3. The minimum absolute atomic E-state index is 0.0229. The minimum atomic E-state index is -0.932. The molecular formula is C17H29O9P. The van der Waals surface area contributed by atoms with Crippen LogP contribution < -0.4 is 0 Å². The van der Waals surface area contributed by atoms with Crippen molar-refractivity contribution < 1.29 is 44.0 Å². The lowest BCUT2D eigenvalue weighted by atomic mass is 10.2. The second-order valence-electron chi connectivity index (χ2n) is 6.74. The average Bonchev–Trinajstić information content (AvgIpc) is 2.43. The Morgan fingerprint density at radius 3 is 1.33 bits per heavy atom. The molecule has 0 atom stereocenters. The summed E-state index contributed by atoms with van der Waals surface area (Å²) in [6, 6.07) is 0. The van der Waals surface area contributed by atoms with Gasteiger partial charge in [-0.25, -0.2) is 0 Å². The summed E-state index contributed by atoms with van der Waals surface area (Å²) in [4.78, 5) is 52.3. The van der Waals surface area contributed by atoms with Gasteiger partial charge in [-0.05, 0) is 46.2 Å². The molecule has 0 aromatic heterocycles. The molecule has 0 aromatic carbocycles. The van der Waals surface area contributed by atoms with Gasteiger partial charge in [-0.3, -0.25) is 24.0 Å². The zero-order valence-corrected chi connectivity index (χ0v) is 17.1. The van der Waals surface area contributed by atoms with Gasteiger partial charge in [0.25, 0.3) is 0 Å². The van der Waals surface area contributed by atoms with Gasteiger partial charge in [-0.1, -0.05) is 0 Å². The molecule has 0 fully saturated rings. The number of carbonyl (C=O) groups is 5. The second kappa shape index (κ2) is 14.1. The van der Waals surface area contributed by atoms with Crippen molar-refractivity contribution >= 4 is 37.6 Å². The number of aliphatic carboxylic acids is 3. The smallest absolute Gasteiger partial charge is 0.313 e. The van der Waals surface area contributed by atoms with Crippen molar-refractivity contribution in [3.8, 4) is 0 Å². The number of carboxylic acid groups (broad SMARTS) is 3. The van der Waals surface area contributed by atoms with Crippen molar-refractivity contribution in [1.82, 2.24) is 0 Å². The highest BCUT2D eigenvalue weighted by Crippen LogP contribution is 2.37. The predicted octanol–water partition coefficient (Wildman–Crippen LogP) is 2.20. The molecule has 9 nitrogen and oxygen atoms in total. The van der Waals surface area contributed by atoms with Crippen molar-refractivity contribution in [2.45, 2.75) is 59.0 Å². The summed E-state index contributed by atoms with van der Waals surface area (Å²) in [5.41, 5.74) is -0.494. The molecule has 0 radical (unpaired) electrons. The van der Waals surface area contributed by atoms with Crippen LogP contribution >= 0.6 is 7.92 Å². The van der Waals surface area contributed by atoms with Crippen molar-refractivity contribution in [2.24, 2.45) is 0 Å². The summed E-state index contributed by atoms with van der Waals surface area (Å²) < 4.78 is 4.89. The summed E-state index contributed by atoms with van der Waals surface area (Å²) in [6.45, 7) is 6.67. The summed E-state index contributed by atoms with van der Waals surface area (Å²) in [5.74, 6) is -3.42. The van der Waals surface area contributed by atoms with Crippen LogP contribution in [0.3, 0.4) is 0 Å². The molecule has 0 aromatic rings. The van der Waals surface area contributed by atoms with Gasteiger partial charge in [0.15, 0.2) is 0 Å². The quantitative estimate of drug-likeness (QED) is 0.265. The maximum absolute atomic E-state index is 10.8. The topological polar surface area (TPSA) is 155 Å². The fraction of sp³-hybridized carbons (Fsp3) is 0.706. The second-order valence-corrected chi connectivity index (χ2v) is 9.42. The highest BCUT2D eigenvalue weighted by atomic mass is 31.1. The van der Waals surface area contributed by atoms with E-state index in [1.807, 2.05) is 0 Å². The first-order valence-electron chi connectivity index (χ1n) is 8.32. The Balaban J connectivity index is 0. The number of esters is 1. The van der Waals surface area contributed by atoms with Crippen LogP contribution in [0.25, 0.3) is 0 Å². The highest BCUT2D eigenvalue weighted by molar-refractivity contribution is 7.57. The molecule has 0 heterocycles. The van der Waals surface area contributed by atoms with Crippen molar-refractivity contribution in [1.29, 1.82) is 0 Å². The van der Waals surface area contributed by atoms with Crippen LogP contribution in [0.4, 0.5) is 0 Å². The number of Topliss-reactive ketones (excluding diaryl/α,β-unsaturated/α-hetero) is 1. The predicted molar refractivity (Wildman–Crippen MR) is 99.4 cm³/mol. The fourth-order valence-corrected chi connectivity index (χ4v) is 3.87. The number of carbonyl (C=O) groups excluding carboxylic acids is 2. The highest BCUT2D eigenvalue weighted by Gasteiger charge is 2.17. The van der Waals surface area contributed by atoms with Crippen LogP contribution in [-0.2, 0) is 28.7 Å². The summed E-state index contributed by atoms with van der Waals surface area (Å²) >= 11 is 0. The third-order valence-corrected chi connectivity index (χ3v) is 5.31. The molecule has 0 aliphatic rings. The SMILES string of the molecule is CC(=O)CC(=O)OC(C)(C)C.O=C(O)CCP(CCC(=O)O)CCC(=O)O. The van der Waals surface area contributed by atoms with E-state index in [-0.39, 0.29) is 31.5 Å². The molecule has 0 aliphatic carbocycles. The minimum Gasteiger partial charge on any atom is -0.481 e. The van der Waals surface area contributed by atoms with Gasteiger partial charge >= 0.3 is 23.9 Å². The molecule has 0 aliphatic heterocycles. The average molecular weight is 408 g/mol. The van der Waals surface area contributed by atoms with E-state index in [2.05, 4.69) is 0 Å². The van der Waals surface area contributed by atoms with Crippen molar-refractivity contribution in [3.63, 3.8) is 0 Å². The number of rotatable bonds is 11. The third kappa shape index (κ3) is 24.0. The van der Waals surface area contributed by atoms with E-state index in [9.17, 15) is 24.0 Å². The van der Waals surface area contributed by atoms with E-state index >= 15 is 0 Å². The lowest BCUT2D eigenvalue weighted by molar-refractivity contribution is -0.156. The number of carboxylic acids is 3. The maximum Gasteiger partial charge on any atom is 0.313 e. The van der Waals surface area contributed by atoms with Crippen molar-refractivity contribution in [3.05, 3.63) is 0 Å². The van der Waals surface area contributed by atoms with Gasteiger partial charge < -0.3 is 20.1 Å². The van der Waals surface area contributed by atoms with E-state index < -0.39 is 37.4 Å². The molecule has 156 valence electrons. The lowest BCUT2D eigenvalue weighted by Crippen LogP contribution is -2.24. The molecule has 3 N–H and O–H groups in total. The Bertz CT molecular complexity index is 480. The zero-order chi connectivity index (χ0) is 21.6. The van der Waals surface area contributed by atoms with Gasteiger partial charge in [0, 0.05) is 19.3 Å². The summed E-state index contributed by atoms with van der Waals surface area (Å²) in [6.07, 6.45) is 0.986. The van der Waals surface area contributed by atoms with Gasteiger partial charge in [0.1, 0.15) is 17.8 Å². The monoisotopic (exact) mass is 408 g/mol. The van der Waals surface area contributed by atoms with E-state index in [1.54, 1.807) is 20.8 Å². The largest absolute Gasteiger partial charge is 0.481 e. The molecular weight excluding hydrogens is 379 g/mol. The molecule has 0 rings (SSSR count). The van der Waals surface area contributed by atoms with Crippen LogP contribution in [0.5, 0.6) is 0 Å². The van der Waals surface area contributed by atoms with E-state index in [0.717, 1.165) is 0 Å². The Kier molecular flexibility index (Phi) is 14.2. The van der Waals surface area contributed by atoms with E-state index in [1.165, 1.54) is 6.92 Å². The van der Waals surface area contributed by atoms with Crippen LogP contribution in [0.15, 0.2) is 0 Å². The van der Waals surface area contributed by atoms with Crippen molar-refractivity contribution in [2.75, 3.05) is 18.5 Å². The molecule has 0 unspecified atom stereocenters. The van der Waals surface area contributed by atoms with Crippen LogP contribution in [0.1, 0.15) is 53.4 Å². The lowest BCUT2D eigenvalue weighted by Gasteiger charge is -2.18. The van der Waals surface area contributed by atoms with Crippen LogP contribution in [0.2, 0.25) is 0 Å². The number of ether oxygens (including phenoxy) is 1. The van der Waals surface area contributed by atoms with E-state index in [0.29, 0.717) is 18.5 Å². The fourth-order valence-electron chi connectivity index (χ4n) is 1.68. The Morgan fingerprint density at radius 2 is 1.11 bits per heavy atom. The third-order valence-electron chi connectivity index (χ3n) is 2.74.